The first kappa shape index (κ1) is 12.6. The van der Waals surface area contributed by atoms with Crippen LogP contribution in [0.3, 0.4) is 0 Å². The number of nitrogens with two attached hydrogens (primary N) is 1. The maximum Gasteiger partial charge on any atom is 0.223 e. The first-order chi connectivity index (χ1) is 8.30. The highest BCUT2D eigenvalue weighted by atomic mass is 16.1. The number of carbonyl (C=O) groups excluding carboxylic acids is 1. The van der Waals surface area contributed by atoms with Crippen molar-refractivity contribution in [1.82, 2.24) is 9.38 Å². The van der Waals surface area contributed by atoms with Gasteiger partial charge in [0.05, 0.1) is 12.1 Å². The Morgan fingerprint density at radius 2 is 2.06 bits per heavy atom. The number of carbonyl (C=O) groups is 1. The number of imidazole rings is 1. The van der Waals surface area contributed by atoms with Crippen molar-refractivity contribution in [3.05, 3.63) is 35.3 Å². The predicted molar refractivity (Wildman–Crippen MR) is 71.5 cm³/mol. The van der Waals surface area contributed by atoms with Crippen molar-refractivity contribution < 1.29 is 4.79 Å². The predicted octanol–water partition coefficient (Wildman–Crippen LogP) is 1.97. The standard InChI is InChI=1S/C14H19N3O/c1-9-5-6-11(14(2,3)4)13-16-8-10(17(9)13)7-12(15)18/h5-6,8H,7H2,1-4H3,(H2,15,18). The Labute approximate surface area is 107 Å². The Morgan fingerprint density at radius 1 is 1.39 bits per heavy atom. The fourth-order valence-corrected chi connectivity index (χ4v) is 2.21. The highest BCUT2D eigenvalue weighted by molar-refractivity contribution is 5.76. The second-order valence-corrected chi connectivity index (χ2v) is 5.69. The molecule has 2 heterocycles. The van der Waals surface area contributed by atoms with Crippen LogP contribution in [0.4, 0.5) is 0 Å². The van der Waals surface area contributed by atoms with E-state index >= 15 is 0 Å². The molecule has 0 bridgehead atoms. The van der Waals surface area contributed by atoms with E-state index in [4.69, 9.17) is 5.73 Å². The molecule has 2 N–H and O–H groups in total. The molecule has 0 aliphatic carbocycles. The molecular formula is C14H19N3O. The van der Waals surface area contributed by atoms with Crippen LogP contribution in [0, 0.1) is 6.92 Å². The number of nitrogens with zero attached hydrogens (tertiary/aromatic N) is 2. The molecule has 0 spiro atoms. The van der Waals surface area contributed by atoms with E-state index in [1.807, 2.05) is 11.3 Å². The van der Waals surface area contributed by atoms with E-state index in [1.165, 1.54) is 5.56 Å². The number of fused-ring (bicyclic) bond motifs is 1. The van der Waals surface area contributed by atoms with E-state index in [0.29, 0.717) is 0 Å². The molecule has 0 atom stereocenters. The van der Waals surface area contributed by atoms with Gasteiger partial charge in [-0.3, -0.25) is 4.79 Å². The Balaban J connectivity index is 2.71. The molecule has 0 fully saturated rings. The molecule has 0 saturated heterocycles. The summed E-state index contributed by atoms with van der Waals surface area (Å²) >= 11 is 0. The van der Waals surface area contributed by atoms with Gasteiger partial charge in [-0.15, -0.1) is 0 Å². The topological polar surface area (TPSA) is 60.4 Å². The fourth-order valence-electron chi connectivity index (χ4n) is 2.21. The normalized spacial score (nSPS) is 12.0. The minimum Gasteiger partial charge on any atom is -0.369 e. The summed E-state index contributed by atoms with van der Waals surface area (Å²) in [6.07, 6.45) is 1.96. The summed E-state index contributed by atoms with van der Waals surface area (Å²) < 4.78 is 2.02. The van der Waals surface area contributed by atoms with Gasteiger partial charge in [-0.25, -0.2) is 4.98 Å². The third-order valence-corrected chi connectivity index (χ3v) is 3.08. The first-order valence-electron chi connectivity index (χ1n) is 6.05. The van der Waals surface area contributed by atoms with Crippen LogP contribution in [0.1, 0.15) is 37.7 Å². The lowest BCUT2D eigenvalue weighted by molar-refractivity contribution is -0.117. The van der Waals surface area contributed by atoms with Crippen molar-refractivity contribution in [2.45, 2.75) is 39.5 Å². The van der Waals surface area contributed by atoms with Crippen molar-refractivity contribution in [3.63, 3.8) is 0 Å². The lowest BCUT2D eigenvalue weighted by Crippen LogP contribution is -2.17. The van der Waals surface area contributed by atoms with E-state index in [1.54, 1.807) is 6.20 Å². The molecule has 2 aromatic heterocycles. The van der Waals surface area contributed by atoms with Gasteiger partial charge in [-0.2, -0.15) is 0 Å². The van der Waals surface area contributed by atoms with Crippen molar-refractivity contribution in [1.29, 1.82) is 0 Å². The molecular weight excluding hydrogens is 226 g/mol. The maximum absolute atomic E-state index is 11.1. The van der Waals surface area contributed by atoms with Crippen LogP contribution in [-0.2, 0) is 16.6 Å². The average Bonchev–Trinajstić information content (AvgIpc) is 2.60. The van der Waals surface area contributed by atoms with Gasteiger partial charge in [0.15, 0.2) is 0 Å². The second-order valence-electron chi connectivity index (χ2n) is 5.69. The molecule has 4 nitrogen and oxygen atoms in total. The number of aromatic nitrogens is 2. The van der Waals surface area contributed by atoms with Crippen LogP contribution < -0.4 is 5.73 Å². The summed E-state index contributed by atoms with van der Waals surface area (Å²) in [6, 6.07) is 4.16. The second kappa shape index (κ2) is 4.12. The average molecular weight is 245 g/mol. The van der Waals surface area contributed by atoms with Gasteiger partial charge in [0.2, 0.25) is 5.91 Å². The molecule has 2 aromatic rings. The monoisotopic (exact) mass is 245 g/mol. The van der Waals surface area contributed by atoms with E-state index in [2.05, 4.69) is 37.9 Å². The summed E-state index contributed by atoms with van der Waals surface area (Å²) in [5.74, 6) is -0.336. The van der Waals surface area contributed by atoms with E-state index in [0.717, 1.165) is 17.0 Å². The molecule has 1 amide bonds. The third-order valence-electron chi connectivity index (χ3n) is 3.08. The largest absolute Gasteiger partial charge is 0.369 e. The van der Waals surface area contributed by atoms with Crippen LogP contribution >= 0.6 is 0 Å². The molecule has 0 aromatic carbocycles. The summed E-state index contributed by atoms with van der Waals surface area (Å²) in [5, 5.41) is 0. The number of hydrogen-bond donors (Lipinski definition) is 1. The van der Waals surface area contributed by atoms with E-state index < -0.39 is 0 Å². The summed E-state index contributed by atoms with van der Waals surface area (Å²) in [4.78, 5) is 15.5. The Morgan fingerprint density at radius 3 is 2.61 bits per heavy atom. The Hall–Kier alpha value is -1.84. The van der Waals surface area contributed by atoms with Gasteiger partial charge in [-0.1, -0.05) is 26.8 Å². The van der Waals surface area contributed by atoms with Crippen molar-refractivity contribution >= 4 is 11.6 Å². The minimum absolute atomic E-state index is 0.0182. The molecule has 0 saturated carbocycles. The highest BCUT2D eigenvalue weighted by Gasteiger charge is 2.20. The van der Waals surface area contributed by atoms with Gasteiger partial charge in [-0.05, 0) is 18.4 Å². The lowest BCUT2D eigenvalue weighted by Gasteiger charge is -2.20. The van der Waals surface area contributed by atoms with Gasteiger partial charge in [0.1, 0.15) is 5.65 Å². The van der Waals surface area contributed by atoms with Crippen LogP contribution in [0.25, 0.3) is 5.65 Å². The zero-order valence-corrected chi connectivity index (χ0v) is 11.3. The molecule has 2 rings (SSSR count). The van der Waals surface area contributed by atoms with E-state index in [-0.39, 0.29) is 17.7 Å². The van der Waals surface area contributed by atoms with Crippen molar-refractivity contribution in [3.8, 4) is 0 Å². The van der Waals surface area contributed by atoms with Crippen molar-refractivity contribution in [2.75, 3.05) is 0 Å². The number of pyridine rings is 1. The van der Waals surface area contributed by atoms with Crippen molar-refractivity contribution in [2.24, 2.45) is 5.73 Å². The van der Waals surface area contributed by atoms with Gasteiger partial charge >= 0.3 is 0 Å². The zero-order valence-electron chi connectivity index (χ0n) is 11.3. The number of rotatable bonds is 2. The molecule has 18 heavy (non-hydrogen) atoms. The van der Waals surface area contributed by atoms with E-state index in [9.17, 15) is 4.79 Å². The third kappa shape index (κ3) is 2.10. The number of amides is 1. The van der Waals surface area contributed by atoms with Gasteiger partial charge < -0.3 is 10.1 Å². The minimum atomic E-state index is -0.336. The van der Waals surface area contributed by atoms with Crippen LogP contribution in [0.2, 0.25) is 0 Å². The molecule has 4 heteroatoms. The highest BCUT2D eigenvalue weighted by Crippen LogP contribution is 2.27. The van der Waals surface area contributed by atoms with Crippen LogP contribution in [0.15, 0.2) is 18.3 Å². The molecule has 0 aliphatic heterocycles. The summed E-state index contributed by atoms with van der Waals surface area (Å²) in [6.45, 7) is 8.46. The van der Waals surface area contributed by atoms with Crippen LogP contribution in [-0.4, -0.2) is 15.3 Å². The maximum atomic E-state index is 11.1. The zero-order chi connectivity index (χ0) is 13.5. The fraction of sp³-hybridized carbons (Fsp3) is 0.429. The quantitative estimate of drug-likeness (QED) is 0.879. The molecule has 0 radical (unpaired) electrons. The SMILES string of the molecule is Cc1ccc(C(C)(C)C)c2ncc(CC(N)=O)n12. The summed E-state index contributed by atoms with van der Waals surface area (Å²) in [7, 11) is 0. The number of hydrogen-bond acceptors (Lipinski definition) is 2. The Kier molecular flexibility index (Phi) is 2.89. The lowest BCUT2D eigenvalue weighted by atomic mass is 9.87. The summed E-state index contributed by atoms with van der Waals surface area (Å²) in [5.41, 5.74) is 9.28. The van der Waals surface area contributed by atoms with Gasteiger partial charge in [0.25, 0.3) is 0 Å². The molecule has 0 unspecified atom stereocenters. The smallest absolute Gasteiger partial charge is 0.223 e. The number of primary amides is 1. The first-order valence-corrected chi connectivity index (χ1v) is 6.05. The Bertz CT molecular complexity index is 605. The molecule has 0 aliphatic rings. The van der Waals surface area contributed by atoms with Gasteiger partial charge in [0, 0.05) is 17.5 Å². The number of aryl methyl sites for hydroxylation is 1. The molecule has 96 valence electrons. The van der Waals surface area contributed by atoms with Crippen LogP contribution in [0.5, 0.6) is 0 Å².